The summed E-state index contributed by atoms with van der Waals surface area (Å²) >= 11 is 0. The molecule has 5 heteroatoms. The predicted octanol–water partition coefficient (Wildman–Crippen LogP) is 1.39. The van der Waals surface area contributed by atoms with Crippen molar-refractivity contribution in [2.45, 2.75) is 38.1 Å². The molecular weight excluding hydrogens is 302 g/mol. The Hall–Kier alpha value is -1.88. The molecular formula is C19H27N3O2. The number of hydrogen-bond donors (Lipinski definition) is 1. The van der Waals surface area contributed by atoms with Crippen LogP contribution < -0.4 is 5.32 Å². The van der Waals surface area contributed by atoms with Gasteiger partial charge >= 0.3 is 0 Å². The fourth-order valence-corrected chi connectivity index (χ4v) is 3.62. The first-order valence-electron chi connectivity index (χ1n) is 8.87. The summed E-state index contributed by atoms with van der Waals surface area (Å²) < 4.78 is 0. The second-order valence-electron chi connectivity index (χ2n) is 7.26. The molecule has 0 aliphatic carbocycles. The summed E-state index contributed by atoms with van der Waals surface area (Å²) in [5.74, 6) is 0.335. The lowest BCUT2D eigenvalue weighted by atomic mass is 9.83. The van der Waals surface area contributed by atoms with Crippen LogP contribution in [0.3, 0.4) is 0 Å². The van der Waals surface area contributed by atoms with Crippen LogP contribution in [0.25, 0.3) is 0 Å². The van der Waals surface area contributed by atoms with Gasteiger partial charge in [-0.3, -0.25) is 9.59 Å². The molecule has 2 saturated heterocycles. The van der Waals surface area contributed by atoms with Crippen molar-refractivity contribution in [1.82, 2.24) is 15.1 Å². The van der Waals surface area contributed by atoms with E-state index in [2.05, 4.69) is 5.32 Å². The highest BCUT2D eigenvalue weighted by Gasteiger charge is 2.36. The zero-order valence-corrected chi connectivity index (χ0v) is 14.6. The average molecular weight is 329 g/mol. The number of benzene rings is 1. The van der Waals surface area contributed by atoms with Crippen LogP contribution in [0.1, 0.15) is 32.3 Å². The Morgan fingerprint density at radius 2 is 1.67 bits per heavy atom. The molecule has 1 unspecified atom stereocenters. The summed E-state index contributed by atoms with van der Waals surface area (Å²) in [7, 11) is 0. The van der Waals surface area contributed by atoms with Crippen LogP contribution in [0.5, 0.6) is 0 Å². The van der Waals surface area contributed by atoms with Gasteiger partial charge in [0.1, 0.15) is 0 Å². The van der Waals surface area contributed by atoms with Gasteiger partial charge in [-0.15, -0.1) is 0 Å². The number of nitrogens with one attached hydrogen (secondary N) is 1. The van der Waals surface area contributed by atoms with Gasteiger partial charge in [0.05, 0.1) is 11.5 Å². The first-order valence-corrected chi connectivity index (χ1v) is 8.87. The van der Waals surface area contributed by atoms with Crippen LogP contribution in [-0.4, -0.2) is 60.4 Å². The van der Waals surface area contributed by atoms with E-state index in [4.69, 9.17) is 0 Å². The van der Waals surface area contributed by atoms with Crippen molar-refractivity contribution in [3.05, 3.63) is 35.9 Å². The molecule has 2 amide bonds. The summed E-state index contributed by atoms with van der Waals surface area (Å²) in [4.78, 5) is 29.2. The Bertz CT molecular complexity index is 586. The van der Waals surface area contributed by atoms with Gasteiger partial charge < -0.3 is 15.1 Å². The maximum Gasteiger partial charge on any atom is 0.239 e. The molecule has 0 radical (unpaired) electrons. The monoisotopic (exact) mass is 329 g/mol. The number of hydrogen-bond acceptors (Lipinski definition) is 3. The fourth-order valence-electron chi connectivity index (χ4n) is 3.62. The van der Waals surface area contributed by atoms with E-state index in [1.54, 1.807) is 0 Å². The van der Waals surface area contributed by atoms with Gasteiger partial charge in [-0.25, -0.2) is 0 Å². The van der Waals surface area contributed by atoms with Gasteiger partial charge in [0, 0.05) is 26.2 Å². The summed E-state index contributed by atoms with van der Waals surface area (Å²) in [6.45, 7) is 7.39. The molecule has 1 aromatic carbocycles. The molecule has 0 saturated carbocycles. The van der Waals surface area contributed by atoms with E-state index in [1.165, 1.54) is 0 Å². The van der Waals surface area contributed by atoms with E-state index in [-0.39, 0.29) is 17.9 Å². The molecule has 24 heavy (non-hydrogen) atoms. The average Bonchev–Trinajstić information content (AvgIpc) is 3.16. The van der Waals surface area contributed by atoms with Crippen molar-refractivity contribution in [3.63, 3.8) is 0 Å². The summed E-state index contributed by atoms with van der Waals surface area (Å²) in [5, 5.41) is 3.26. The van der Waals surface area contributed by atoms with Gasteiger partial charge in [0.2, 0.25) is 11.8 Å². The molecule has 3 rings (SSSR count). The zero-order valence-electron chi connectivity index (χ0n) is 14.6. The van der Waals surface area contributed by atoms with Gasteiger partial charge in [0.15, 0.2) is 0 Å². The lowest BCUT2D eigenvalue weighted by molar-refractivity contribution is -0.143. The lowest BCUT2D eigenvalue weighted by Gasteiger charge is -2.39. The van der Waals surface area contributed by atoms with E-state index in [1.807, 2.05) is 54.0 Å². The third kappa shape index (κ3) is 3.31. The van der Waals surface area contributed by atoms with Crippen LogP contribution in [0.15, 0.2) is 30.3 Å². The molecule has 5 nitrogen and oxygen atoms in total. The van der Waals surface area contributed by atoms with Crippen LogP contribution in [0.2, 0.25) is 0 Å². The predicted molar refractivity (Wildman–Crippen MR) is 93.7 cm³/mol. The molecule has 0 bridgehead atoms. The smallest absolute Gasteiger partial charge is 0.239 e. The highest BCUT2D eigenvalue weighted by atomic mass is 16.2. The first-order chi connectivity index (χ1) is 11.5. The normalized spacial score (nSPS) is 21.8. The Labute approximate surface area is 144 Å². The summed E-state index contributed by atoms with van der Waals surface area (Å²) in [6, 6.07) is 9.89. The quantitative estimate of drug-likeness (QED) is 0.912. The van der Waals surface area contributed by atoms with Crippen molar-refractivity contribution in [2.75, 3.05) is 32.7 Å². The minimum absolute atomic E-state index is 0.0204. The summed E-state index contributed by atoms with van der Waals surface area (Å²) in [6.07, 6.45) is 2.00. The molecule has 2 aliphatic heterocycles. The second-order valence-corrected chi connectivity index (χ2v) is 7.26. The number of rotatable bonds is 3. The number of carbonyl (C=O) groups excluding carboxylic acids is 2. The third-order valence-corrected chi connectivity index (χ3v) is 5.27. The van der Waals surface area contributed by atoms with Crippen molar-refractivity contribution in [2.24, 2.45) is 0 Å². The van der Waals surface area contributed by atoms with E-state index >= 15 is 0 Å². The SMILES string of the molecule is CC(C)(C(=O)N1CCN(C(=O)C2CCCN2)CC1)c1ccccc1. The Morgan fingerprint density at radius 1 is 1.04 bits per heavy atom. The summed E-state index contributed by atoms with van der Waals surface area (Å²) in [5.41, 5.74) is 0.490. The largest absolute Gasteiger partial charge is 0.338 e. The van der Waals surface area contributed by atoms with E-state index in [0.717, 1.165) is 24.9 Å². The molecule has 1 aromatic rings. The van der Waals surface area contributed by atoms with Crippen LogP contribution in [-0.2, 0) is 15.0 Å². The van der Waals surface area contributed by atoms with Crippen molar-refractivity contribution in [3.8, 4) is 0 Å². The highest BCUT2D eigenvalue weighted by Crippen LogP contribution is 2.26. The minimum Gasteiger partial charge on any atom is -0.338 e. The molecule has 1 atom stereocenters. The maximum absolute atomic E-state index is 13.0. The third-order valence-electron chi connectivity index (χ3n) is 5.27. The number of carbonyl (C=O) groups is 2. The van der Waals surface area contributed by atoms with E-state index in [0.29, 0.717) is 26.2 Å². The first kappa shape index (κ1) is 17.0. The van der Waals surface area contributed by atoms with Gasteiger partial charge in [-0.05, 0) is 38.8 Å². The minimum atomic E-state index is -0.541. The molecule has 130 valence electrons. The van der Waals surface area contributed by atoms with Gasteiger partial charge in [-0.1, -0.05) is 30.3 Å². The van der Waals surface area contributed by atoms with Crippen molar-refractivity contribution >= 4 is 11.8 Å². The molecule has 0 spiro atoms. The number of nitrogens with zero attached hydrogens (tertiary/aromatic N) is 2. The lowest BCUT2D eigenvalue weighted by Crippen LogP contribution is -2.56. The van der Waals surface area contributed by atoms with Crippen molar-refractivity contribution < 1.29 is 9.59 Å². The molecule has 2 heterocycles. The maximum atomic E-state index is 13.0. The Morgan fingerprint density at radius 3 is 2.25 bits per heavy atom. The number of piperazine rings is 1. The molecule has 0 aromatic heterocycles. The van der Waals surface area contributed by atoms with Gasteiger partial charge in [0.25, 0.3) is 0 Å². The topological polar surface area (TPSA) is 52.7 Å². The Kier molecular flexibility index (Phi) is 4.90. The van der Waals surface area contributed by atoms with Crippen LogP contribution >= 0.6 is 0 Å². The van der Waals surface area contributed by atoms with E-state index < -0.39 is 5.41 Å². The van der Waals surface area contributed by atoms with Crippen LogP contribution in [0.4, 0.5) is 0 Å². The number of amides is 2. The Balaban J connectivity index is 1.60. The van der Waals surface area contributed by atoms with E-state index in [9.17, 15) is 9.59 Å². The fraction of sp³-hybridized carbons (Fsp3) is 0.579. The highest BCUT2D eigenvalue weighted by molar-refractivity contribution is 5.88. The molecule has 2 fully saturated rings. The standard InChI is InChI=1S/C19H27N3O2/c1-19(2,15-7-4-3-5-8-15)18(24)22-13-11-21(12-14-22)17(23)16-9-6-10-20-16/h3-5,7-8,16,20H,6,9-14H2,1-2H3. The zero-order chi connectivity index (χ0) is 17.2. The van der Waals surface area contributed by atoms with Gasteiger partial charge in [-0.2, -0.15) is 0 Å². The molecule has 2 aliphatic rings. The van der Waals surface area contributed by atoms with Crippen LogP contribution in [0, 0.1) is 0 Å². The molecule has 1 N–H and O–H groups in total. The second kappa shape index (κ2) is 6.93. The van der Waals surface area contributed by atoms with Crippen molar-refractivity contribution in [1.29, 1.82) is 0 Å².